The van der Waals surface area contributed by atoms with E-state index < -0.39 is 0 Å². The van der Waals surface area contributed by atoms with E-state index >= 15 is 0 Å². The summed E-state index contributed by atoms with van der Waals surface area (Å²) in [7, 11) is 4.28. The first-order chi connectivity index (χ1) is 5.13. The minimum absolute atomic E-state index is 0.854. The topological polar surface area (TPSA) is 3.24 Å². The molecule has 1 nitrogen and oxygen atoms in total. The van der Waals surface area contributed by atoms with Crippen molar-refractivity contribution in [3.63, 3.8) is 0 Å². The fourth-order valence-corrected chi connectivity index (χ4v) is 1.47. The van der Waals surface area contributed by atoms with Crippen molar-refractivity contribution in [1.29, 1.82) is 0 Å². The van der Waals surface area contributed by atoms with E-state index in [1.54, 1.807) is 0 Å². The zero-order chi connectivity index (χ0) is 8.69. The van der Waals surface area contributed by atoms with Crippen molar-refractivity contribution in [2.45, 2.75) is 36.5 Å². The van der Waals surface area contributed by atoms with Gasteiger partial charge in [-0.3, -0.25) is 0 Å². The number of hydrogen-bond donors (Lipinski definition) is 0. The van der Waals surface area contributed by atoms with E-state index in [0.717, 1.165) is 3.92 Å². The van der Waals surface area contributed by atoms with Gasteiger partial charge in [0.2, 0.25) is 0 Å². The van der Waals surface area contributed by atoms with Crippen LogP contribution in [0.5, 0.6) is 0 Å². The Morgan fingerprint density at radius 2 is 1.82 bits per heavy atom. The smallest absolute Gasteiger partial charge is 0.00813 e. The molecular weight excluding hydrogens is 249 g/mol. The van der Waals surface area contributed by atoms with Gasteiger partial charge in [-0.1, -0.05) is 42.4 Å². The van der Waals surface area contributed by atoms with Gasteiger partial charge in [-0.25, -0.2) is 0 Å². The van der Waals surface area contributed by atoms with Crippen molar-refractivity contribution >= 4 is 22.6 Å². The second-order valence-corrected chi connectivity index (χ2v) is 5.56. The quantitative estimate of drug-likeness (QED) is 0.407. The molecule has 1 unspecified atom stereocenters. The molecular formula is C9H20IN. The third kappa shape index (κ3) is 10.7. The maximum Gasteiger partial charge on any atom is 0.00813 e. The minimum Gasteiger partial charge on any atom is -0.309 e. The molecule has 0 bridgehead atoms. The van der Waals surface area contributed by atoms with Gasteiger partial charge in [-0.05, 0) is 33.5 Å². The van der Waals surface area contributed by atoms with E-state index in [4.69, 9.17) is 0 Å². The summed E-state index contributed by atoms with van der Waals surface area (Å²) in [6.07, 6.45) is 5.54. The summed E-state index contributed by atoms with van der Waals surface area (Å²) in [5.41, 5.74) is 0. The van der Waals surface area contributed by atoms with Crippen LogP contribution in [0, 0.1) is 0 Å². The predicted octanol–water partition coefficient (Wildman–Crippen LogP) is 2.93. The van der Waals surface area contributed by atoms with Crippen LogP contribution >= 0.6 is 22.6 Å². The van der Waals surface area contributed by atoms with Gasteiger partial charge in [-0.15, -0.1) is 0 Å². The first-order valence-electron chi connectivity index (χ1n) is 4.41. The van der Waals surface area contributed by atoms with Crippen LogP contribution in [-0.4, -0.2) is 29.5 Å². The summed E-state index contributed by atoms with van der Waals surface area (Å²) in [6.45, 7) is 3.53. The SMILES string of the molecule is CC(I)CCCCCN(C)C. The second-order valence-electron chi connectivity index (χ2n) is 3.43. The third-order valence-corrected chi connectivity index (χ3v) is 2.33. The second kappa shape index (κ2) is 7.35. The van der Waals surface area contributed by atoms with E-state index in [-0.39, 0.29) is 0 Å². The lowest BCUT2D eigenvalue weighted by molar-refractivity contribution is 0.390. The van der Waals surface area contributed by atoms with Crippen molar-refractivity contribution in [2.24, 2.45) is 0 Å². The molecule has 11 heavy (non-hydrogen) atoms. The first kappa shape index (κ1) is 11.7. The number of hydrogen-bond acceptors (Lipinski definition) is 1. The van der Waals surface area contributed by atoms with Gasteiger partial charge < -0.3 is 4.90 Å². The highest BCUT2D eigenvalue weighted by atomic mass is 127. The molecule has 0 aromatic heterocycles. The van der Waals surface area contributed by atoms with E-state index in [9.17, 15) is 0 Å². The molecule has 0 aromatic carbocycles. The number of halogens is 1. The van der Waals surface area contributed by atoms with Crippen molar-refractivity contribution in [3.8, 4) is 0 Å². The lowest BCUT2D eigenvalue weighted by atomic mass is 10.1. The maximum absolute atomic E-state index is 2.50. The van der Waals surface area contributed by atoms with Crippen molar-refractivity contribution in [2.75, 3.05) is 20.6 Å². The van der Waals surface area contributed by atoms with Crippen molar-refractivity contribution in [3.05, 3.63) is 0 Å². The largest absolute Gasteiger partial charge is 0.309 e. The average molecular weight is 269 g/mol. The molecule has 0 fully saturated rings. The van der Waals surface area contributed by atoms with E-state index in [1.807, 2.05) is 0 Å². The molecule has 0 amide bonds. The highest BCUT2D eigenvalue weighted by molar-refractivity contribution is 14.1. The van der Waals surface area contributed by atoms with Crippen LogP contribution in [0.3, 0.4) is 0 Å². The fraction of sp³-hybridized carbons (Fsp3) is 1.00. The van der Waals surface area contributed by atoms with Gasteiger partial charge in [0.15, 0.2) is 0 Å². The molecule has 0 rings (SSSR count). The Bertz CT molecular complexity index is 71.6. The summed E-state index contributed by atoms with van der Waals surface area (Å²) in [5.74, 6) is 0. The molecule has 1 atom stereocenters. The number of nitrogens with zero attached hydrogens (tertiary/aromatic N) is 1. The van der Waals surface area contributed by atoms with E-state index in [0.29, 0.717) is 0 Å². The maximum atomic E-state index is 2.50. The highest BCUT2D eigenvalue weighted by Crippen LogP contribution is 2.10. The molecule has 0 spiro atoms. The van der Waals surface area contributed by atoms with E-state index in [2.05, 4.69) is 48.5 Å². The van der Waals surface area contributed by atoms with Crippen LogP contribution < -0.4 is 0 Å². The van der Waals surface area contributed by atoms with Crippen LogP contribution in [-0.2, 0) is 0 Å². The highest BCUT2D eigenvalue weighted by Gasteiger charge is 1.95. The van der Waals surface area contributed by atoms with E-state index in [1.165, 1.54) is 32.2 Å². The molecule has 68 valence electrons. The Morgan fingerprint density at radius 1 is 1.18 bits per heavy atom. The Balaban J connectivity index is 2.91. The molecule has 0 aliphatic heterocycles. The lowest BCUT2D eigenvalue weighted by Crippen LogP contribution is -2.12. The molecule has 0 N–H and O–H groups in total. The van der Waals surface area contributed by atoms with Gasteiger partial charge in [0.05, 0.1) is 0 Å². The summed E-state index contributed by atoms with van der Waals surface area (Å²) in [4.78, 5) is 2.26. The molecule has 0 heterocycles. The number of rotatable bonds is 6. The van der Waals surface area contributed by atoms with Gasteiger partial charge in [0, 0.05) is 3.92 Å². The molecule has 0 saturated carbocycles. The number of alkyl halides is 1. The molecule has 0 aliphatic rings. The predicted molar refractivity (Wildman–Crippen MR) is 60.5 cm³/mol. The monoisotopic (exact) mass is 269 g/mol. The van der Waals surface area contributed by atoms with Gasteiger partial charge >= 0.3 is 0 Å². The van der Waals surface area contributed by atoms with Crippen LogP contribution in [0.4, 0.5) is 0 Å². The Hall–Kier alpha value is 0.690. The summed E-state index contributed by atoms with van der Waals surface area (Å²) >= 11 is 2.50. The standard InChI is InChI=1S/C9H20IN/c1-9(10)7-5-4-6-8-11(2)3/h9H,4-8H2,1-3H3. The summed E-state index contributed by atoms with van der Waals surface area (Å²) in [6, 6.07) is 0. The van der Waals surface area contributed by atoms with Crippen LogP contribution in [0.25, 0.3) is 0 Å². The molecule has 0 radical (unpaired) electrons. The lowest BCUT2D eigenvalue weighted by Gasteiger charge is -2.08. The zero-order valence-electron chi connectivity index (χ0n) is 7.94. The van der Waals surface area contributed by atoms with Crippen LogP contribution in [0.15, 0.2) is 0 Å². The summed E-state index contributed by atoms with van der Waals surface area (Å²) in [5, 5.41) is 0. The van der Waals surface area contributed by atoms with Crippen molar-refractivity contribution < 1.29 is 0 Å². The molecule has 2 heteroatoms. The van der Waals surface area contributed by atoms with Crippen molar-refractivity contribution in [1.82, 2.24) is 4.90 Å². The molecule has 0 aliphatic carbocycles. The third-order valence-electron chi connectivity index (χ3n) is 1.71. The van der Waals surface area contributed by atoms with Gasteiger partial charge in [-0.2, -0.15) is 0 Å². The normalized spacial score (nSPS) is 13.9. The molecule has 0 aromatic rings. The average Bonchev–Trinajstić information content (AvgIpc) is 1.85. The number of unbranched alkanes of at least 4 members (excludes halogenated alkanes) is 2. The Labute approximate surface area is 84.7 Å². The van der Waals surface area contributed by atoms with Crippen LogP contribution in [0.2, 0.25) is 0 Å². The Kier molecular flexibility index (Phi) is 7.81. The minimum atomic E-state index is 0.854. The Morgan fingerprint density at radius 3 is 2.27 bits per heavy atom. The molecule has 0 saturated heterocycles. The first-order valence-corrected chi connectivity index (χ1v) is 5.66. The van der Waals surface area contributed by atoms with Gasteiger partial charge in [0.1, 0.15) is 0 Å². The van der Waals surface area contributed by atoms with Gasteiger partial charge in [0.25, 0.3) is 0 Å². The fourth-order valence-electron chi connectivity index (χ4n) is 1.03. The zero-order valence-corrected chi connectivity index (χ0v) is 10.1. The van der Waals surface area contributed by atoms with Crippen LogP contribution in [0.1, 0.15) is 32.6 Å². The summed E-state index contributed by atoms with van der Waals surface area (Å²) < 4.78 is 0.854.